The van der Waals surface area contributed by atoms with E-state index in [-0.39, 0.29) is 17.9 Å². The summed E-state index contributed by atoms with van der Waals surface area (Å²) in [6, 6.07) is 2.64. The molecule has 0 spiro atoms. The Morgan fingerprint density at radius 2 is 1.89 bits per heavy atom. The van der Waals surface area contributed by atoms with Crippen LogP contribution in [0.1, 0.15) is 5.56 Å². The highest BCUT2D eigenvalue weighted by Gasteiger charge is 2.13. The van der Waals surface area contributed by atoms with E-state index in [4.69, 9.17) is 14.9 Å². The summed E-state index contributed by atoms with van der Waals surface area (Å²) < 4.78 is 37.0. The fourth-order valence-electron chi connectivity index (χ4n) is 1.44. The number of halogens is 2. The summed E-state index contributed by atoms with van der Waals surface area (Å²) in [5.41, 5.74) is -0.0953. The smallest absolute Gasteiger partial charge is 0.201 e. The molecule has 1 rings (SSSR count). The normalized spacial score (nSPS) is 10.8. The predicted molar refractivity (Wildman–Crippen MR) is 69.1 cm³/mol. The van der Waals surface area contributed by atoms with Gasteiger partial charge < -0.3 is 19.8 Å². The van der Waals surface area contributed by atoms with Crippen molar-refractivity contribution in [2.75, 3.05) is 40.5 Å². The third-order valence-electron chi connectivity index (χ3n) is 2.64. The van der Waals surface area contributed by atoms with Crippen molar-refractivity contribution < 1.29 is 18.3 Å². The number of benzene rings is 1. The van der Waals surface area contributed by atoms with E-state index in [1.165, 1.54) is 12.1 Å². The van der Waals surface area contributed by atoms with Gasteiger partial charge in [0.2, 0.25) is 5.82 Å². The summed E-state index contributed by atoms with van der Waals surface area (Å²) in [7, 11) is 3.50. The summed E-state index contributed by atoms with van der Waals surface area (Å²) >= 11 is 0. The SMILES string of the molecule is COCCN(C)CCOc1ccc(C=N)c(F)c1F. The maximum atomic E-state index is 13.5. The van der Waals surface area contributed by atoms with Crippen LogP contribution in [0.2, 0.25) is 0 Å². The van der Waals surface area contributed by atoms with Crippen molar-refractivity contribution in [3.63, 3.8) is 0 Å². The molecule has 0 bridgehead atoms. The van der Waals surface area contributed by atoms with E-state index in [0.717, 1.165) is 12.8 Å². The van der Waals surface area contributed by atoms with E-state index in [2.05, 4.69) is 0 Å². The van der Waals surface area contributed by atoms with Crippen molar-refractivity contribution in [3.8, 4) is 5.75 Å². The molecular weight excluding hydrogens is 254 g/mol. The van der Waals surface area contributed by atoms with Crippen molar-refractivity contribution in [2.45, 2.75) is 0 Å². The van der Waals surface area contributed by atoms with Gasteiger partial charge in [0.25, 0.3) is 0 Å². The van der Waals surface area contributed by atoms with Crippen LogP contribution in [0.3, 0.4) is 0 Å². The van der Waals surface area contributed by atoms with E-state index in [1.54, 1.807) is 7.11 Å². The molecule has 0 radical (unpaired) electrons. The molecule has 0 amide bonds. The number of nitrogens with zero attached hydrogens (tertiary/aromatic N) is 1. The number of rotatable bonds is 8. The topological polar surface area (TPSA) is 45.6 Å². The molecule has 1 aromatic carbocycles. The van der Waals surface area contributed by atoms with Crippen LogP contribution in [-0.4, -0.2) is 51.6 Å². The van der Waals surface area contributed by atoms with Crippen LogP contribution in [0.4, 0.5) is 8.78 Å². The van der Waals surface area contributed by atoms with Gasteiger partial charge in [0, 0.05) is 32.0 Å². The van der Waals surface area contributed by atoms with Crippen LogP contribution in [0.5, 0.6) is 5.75 Å². The maximum absolute atomic E-state index is 13.5. The van der Waals surface area contributed by atoms with Crippen molar-refractivity contribution in [3.05, 3.63) is 29.3 Å². The maximum Gasteiger partial charge on any atom is 0.201 e. The Hall–Kier alpha value is -1.53. The van der Waals surface area contributed by atoms with Gasteiger partial charge in [-0.15, -0.1) is 0 Å². The van der Waals surface area contributed by atoms with Crippen LogP contribution in [0.25, 0.3) is 0 Å². The highest BCUT2D eigenvalue weighted by molar-refractivity contribution is 5.77. The molecule has 0 unspecified atom stereocenters. The second kappa shape index (κ2) is 7.81. The van der Waals surface area contributed by atoms with Gasteiger partial charge in [0.1, 0.15) is 6.61 Å². The first-order chi connectivity index (χ1) is 9.10. The molecule has 0 saturated carbocycles. The second-order valence-corrected chi connectivity index (χ2v) is 4.07. The Morgan fingerprint density at radius 1 is 1.21 bits per heavy atom. The lowest BCUT2D eigenvalue weighted by atomic mass is 10.2. The van der Waals surface area contributed by atoms with Crippen LogP contribution >= 0.6 is 0 Å². The number of hydrogen-bond acceptors (Lipinski definition) is 4. The average Bonchev–Trinajstić information content (AvgIpc) is 2.41. The molecule has 0 aliphatic carbocycles. The molecule has 0 aliphatic heterocycles. The van der Waals surface area contributed by atoms with E-state index in [0.29, 0.717) is 13.2 Å². The molecule has 4 nitrogen and oxygen atoms in total. The highest BCUT2D eigenvalue weighted by Crippen LogP contribution is 2.21. The zero-order valence-corrected chi connectivity index (χ0v) is 11.1. The Kier molecular flexibility index (Phi) is 6.38. The van der Waals surface area contributed by atoms with Crippen LogP contribution in [0.15, 0.2) is 12.1 Å². The van der Waals surface area contributed by atoms with E-state index in [9.17, 15) is 8.78 Å². The first-order valence-corrected chi connectivity index (χ1v) is 5.89. The Balaban J connectivity index is 2.50. The van der Waals surface area contributed by atoms with Gasteiger partial charge in [-0.2, -0.15) is 4.39 Å². The Bertz CT molecular complexity index is 427. The zero-order valence-electron chi connectivity index (χ0n) is 11.1. The fourth-order valence-corrected chi connectivity index (χ4v) is 1.44. The molecule has 1 aromatic rings. The van der Waals surface area contributed by atoms with Gasteiger partial charge >= 0.3 is 0 Å². The number of ether oxygens (including phenoxy) is 2. The fraction of sp³-hybridized carbons (Fsp3) is 0.462. The number of hydrogen-bond donors (Lipinski definition) is 1. The lowest BCUT2D eigenvalue weighted by Crippen LogP contribution is -2.27. The van der Waals surface area contributed by atoms with Gasteiger partial charge in [-0.25, -0.2) is 4.39 Å². The van der Waals surface area contributed by atoms with Gasteiger partial charge in [0.05, 0.1) is 6.61 Å². The predicted octanol–water partition coefficient (Wildman–Crippen LogP) is 1.92. The summed E-state index contributed by atoms with van der Waals surface area (Å²) in [6.07, 6.45) is 0.765. The molecule has 0 fully saturated rings. The third kappa shape index (κ3) is 4.57. The highest BCUT2D eigenvalue weighted by atomic mass is 19.2. The van der Waals surface area contributed by atoms with Crippen LogP contribution in [0, 0.1) is 17.0 Å². The number of nitrogens with one attached hydrogen (secondary N) is 1. The second-order valence-electron chi connectivity index (χ2n) is 4.07. The van der Waals surface area contributed by atoms with E-state index in [1.807, 2.05) is 11.9 Å². The number of likely N-dealkylation sites (N-methyl/N-ethyl adjacent to an activating group) is 1. The van der Waals surface area contributed by atoms with Crippen molar-refractivity contribution >= 4 is 6.21 Å². The minimum atomic E-state index is -1.06. The molecular formula is C13H18F2N2O2. The summed E-state index contributed by atoms with van der Waals surface area (Å²) in [5.74, 6) is -2.25. The summed E-state index contributed by atoms with van der Waals surface area (Å²) in [5, 5.41) is 6.92. The molecule has 0 aromatic heterocycles. The zero-order chi connectivity index (χ0) is 14.3. The third-order valence-corrected chi connectivity index (χ3v) is 2.64. The van der Waals surface area contributed by atoms with Crippen molar-refractivity contribution in [1.29, 1.82) is 5.41 Å². The molecule has 6 heteroatoms. The quantitative estimate of drug-likeness (QED) is 0.735. The minimum absolute atomic E-state index is 0.0953. The average molecular weight is 272 g/mol. The summed E-state index contributed by atoms with van der Waals surface area (Å²) in [4.78, 5) is 1.96. The molecule has 0 saturated heterocycles. The Morgan fingerprint density at radius 3 is 2.53 bits per heavy atom. The monoisotopic (exact) mass is 272 g/mol. The van der Waals surface area contributed by atoms with E-state index < -0.39 is 11.6 Å². The van der Waals surface area contributed by atoms with E-state index >= 15 is 0 Å². The molecule has 106 valence electrons. The first-order valence-electron chi connectivity index (χ1n) is 5.89. The van der Waals surface area contributed by atoms with Crippen molar-refractivity contribution in [1.82, 2.24) is 4.90 Å². The van der Waals surface area contributed by atoms with Crippen LogP contribution in [-0.2, 0) is 4.74 Å². The van der Waals surface area contributed by atoms with Gasteiger partial charge in [0.15, 0.2) is 11.6 Å². The molecule has 0 atom stereocenters. The number of methoxy groups -OCH3 is 1. The minimum Gasteiger partial charge on any atom is -0.489 e. The first kappa shape index (κ1) is 15.5. The standard InChI is InChI=1S/C13H18F2N2O2/c1-17(5-7-18-2)6-8-19-11-4-3-10(9-16)12(14)13(11)15/h3-4,9,16H,5-8H2,1-2H3. The molecule has 19 heavy (non-hydrogen) atoms. The largest absolute Gasteiger partial charge is 0.489 e. The molecule has 1 N–H and O–H groups in total. The Labute approximate surface area is 111 Å². The van der Waals surface area contributed by atoms with Crippen LogP contribution < -0.4 is 4.74 Å². The lowest BCUT2D eigenvalue weighted by molar-refractivity contribution is 0.149. The molecule has 0 aliphatic rings. The van der Waals surface area contributed by atoms with Gasteiger partial charge in [-0.3, -0.25) is 0 Å². The van der Waals surface area contributed by atoms with Crippen molar-refractivity contribution in [2.24, 2.45) is 0 Å². The summed E-state index contributed by atoms with van der Waals surface area (Å²) in [6.45, 7) is 2.17. The van der Waals surface area contributed by atoms with Gasteiger partial charge in [-0.05, 0) is 19.2 Å². The molecule has 0 heterocycles. The van der Waals surface area contributed by atoms with Gasteiger partial charge in [-0.1, -0.05) is 0 Å². The lowest BCUT2D eigenvalue weighted by Gasteiger charge is -2.16.